The summed E-state index contributed by atoms with van der Waals surface area (Å²) >= 11 is 0.101. The molecule has 0 saturated heterocycles. The number of benzene rings is 4. The number of nitrogens with one attached hydrogen (secondary N) is 1. The fourth-order valence-corrected chi connectivity index (χ4v) is 7.90. The molecular formula is C25H19NO2SSe. The summed E-state index contributed by atoms with van der Waals surface area (Å²) in [5, 5.41) is 0. The number of fused-ring (bicyclic) bond motifs is 2. The molecule has 4 aromatic carbocycles. The van der Waals surface area contributed by atoms with Crippen LogP contribution < -0.4 is 13.6 Å². The van der Waals surface area contributed by atoms with E-state index in [4.69, 9.17) is 0 Å². The van der Waals surface area contributed by atoms with E-state index in [1.807, 2.05) is 72.8 Å². The second kappa shape index (κ2) is 7.53. The van der Waals surface area contributed by atoms with Crippen molar-refractivity contribution in [3.8, 4) is 0 Å². The third kappa shape index (κ3) is 3.11. The maximum atomic E-state index is 13.6. The van der Waals surface area contributed by atoms with Gasteiger partial charge >= 0.3 is 183 Å². The zero-order valence-corrected chi connectivity index (χ0v) is 18.6. The van der Waals surface area contributed by atoms with Gasteiger partial charge in [0.15, 0.2) is 0 Å². The summed E-state index contributed by atoms with van der Waals surface area (Å²) in [6, 6.07) is 34.8. The molecule has 0 fully saturated rings. The van der Waals surface area contributed by atoms with Crippen molar-refractivity contribution in [3.05, 3.63) is 126 Å². The molecule has 30 heavy (non-hydrogen) atoms. The first-order chi connectivity index (χ1) is 14.6. The monoisotopic (exact) mass is 477 g/mol. The molecule has 5 rings (SSSR count). The van der Waals surface area contributed by atoms with Gasteiger partial charge < -0.3 is 0 Å². The molecule has 4 aromatic rings. The average molecular weight is 476 g/mol. The molecule has 1 N–H and O–H groups in total. The minimum absolute atomic E-state index is 0.101. The SMILES string of the molecule is O=S(=O)(NC1(c2ccccc2)c2ccccc2[Se]c2ccccc21)c1ccccc1. The predicted octanol–water partition coefficient (Wildman–Crippen LogP) is 2.93. The van der Waals surface area contributed by atoms with Crippen molar-refractivity contribution in [2.75, 3.05) is 0 Å². The molecular weight excluding hydrogens is 457 g/mol. The normalized spacial score (nSPS) is 14.5. The Hall–Kier alpha value is -2.69. The van der Waals surface area contributed by atoms with Gasteiger partial charge in [-0.15, -0.1) is 0 Å². The van der Waals surface area contributed by atoms with Crippen LogP contribution in [0.4, 0.5) is 0 Å². The van der Waals surface area contributed by atoms with Crippen LogP contribution in [0.15, 0.2) is 114 Å². The van der Waals surface area contributed by atoms with Crippen molar-refractivity contribution in [2.24, 2.45) is 0 Å². The molecule has 0 bridgehead atoms. The van der Waals surface area contributed by atoms with Gasteiger partial charge in [-0.2, -0.15) is 0 Å². The molecule has 0 aliphatic carbocycles. The van der Waals surface area contributed by atoms with Crippen LogP contribution in [0.25, 0.3) is 0 Å². The van der Waals surface area contributed by atoms with E-state index in [9.17, 15) is 8.42 Å². The number of sulfonamides is 1. The van der Waals surface area contributed by atoms with E-state index in [0.29, 0.717) is 0 Å². The Morgan fingerprint density at radius 2 is 1.07 bits per heavy atom. The first-order valence-corrected chi connectivity index (χ1v) is 12.8. The fourth-order valence-electron chi connectivity index (χ4n) is 4.02. The van der Waals surface area contributed by atoms with Gasteiger partial charge in [0, 0.05) is 0 Å². The molecule has 1 aliphatic heterocycles. The molecule has 1 heterocycles. The molecule has 5 heteroatoms. The van der Waals surface area contributed by atoms with Gasteiger partial charge in [-0.1, -0.05) is 0 Å². The van der Waals surface area contributed by atoms with Crippen LogP contribution >= 0.6 is 0 Å². The zero-order valence-electron chi connectivity index (χ0n) is 16.0. The Kier molecular flexibility index (Phi) is 4.84. The van der Waals surface area contributed by atoms with Crippen molar-refractivity contribution < 1.29 is 8.42 Å². The van der Waals surface area contributed by atoms with Crippen LogP contribution in [0.2, 0.25) is 0 Å². The first kappa shape index (κ1) is 19.3. The molecule has 0 spiro atoms. The quantitative estimate of drug-likeness (QED) is 0.461. The summed E-state index contributed by atoms with van der Waals surface area (Å²) < 4.78 is 32.7. The van der Waals surface area contributed by atoms with Gasteiger partial charge in [0.2, 0.25) is 0 Å². The Balaban J connectivity index is 1.84. The van der Waals surface area contributed by atoms with Crippen LogP contribution in [0.5, 0.6) is 0 Å². The second-order valence-corrected chi connectivity index (χ2v) is 11.1. The van der Waals surface area contributed by atoms with E-state index < -0.39 is 15.6 Å². The summed E-state index contributed by atoms with van der Waals surface area (Å²) in [7, 11) is -3.79. The zero-order chi connectivity index (χ0) is 20.6. The Morgan fingerprint density at radius 3 is 1.63 bits per heavy atom. The van der Waals surface area contributed by atoms with E-state index in [0.717, 1.165) is 16.7 Å². The molecule has 148 valence electrons. The van der Waals surface area contributed by atoms with Crippen LogP contribution in [0.3, 0.4) is 0 Å². The molecule has 0 aromatic heterocycles. The number of hydrogen-bond donors (Lipinski definition) is 1. The maximum absolute atomic E-state index is 13.6. The van der Waals surface area contributed by atoms with Gasteiger partial charge in [-0.25, -0.2) is 0 Å². The molecule has 3 nitrogen and oxygen atoms in total. The topological polar surface area (TPSA) is 46.2 Å². The van der Waals surface area contributed by atoms with Gasteiger partial charge in [0.1, 0.15) is 0 Å². The van der Waals surface area contributed by atoms with Crippen molar-refractivity contribution in [3.63, 3.8) is 0 Å². The third-order valence-electron chi connectivity index (χ3n) is 5.35. The molecule has 0 radical (unpaired) electrons. The van der Waals surface area contributed by atoms with Gasteiger partial charge in [-0.3, -0.25) is 0 Å². The van der Waals surface area contributed by atoms with Crippen LogP contribution in [0.1, 0.15) is 16.7 Å². The predicted molar refractivity (Wildman–Crippen MR) is 121 cm³/mol. The van der Waals surface area contributed by atoms with E-state index in [1.54, 1.807) is 24.3 Å². The second-order valence-electron chi connectivity index (χ2n) is 7.13. The summed E-state index contributed by atoms with van der Waals surface area (Å²) in [5.74, 6) is 0. The molecule has 0 saturated carbocycles. The first-order valence-electron chi connectivity index (χ1n) is 9.63. The van der Waals surface area contributed by atoms with Crippen molar-refractivity contribution in [2.45, 2.75) is 10.4 Å². The summed E-state index contributed by atoms with van der Waals surface area (Å²) in [6.07, 6.45) is 0. The van der Waals surface area contributed by atoms with E-state index in [1.165, 1.54) is 8.92 Å². The summed E-state index contributed by atoms with van der Waals surface area (Å²) in [4.78, 5) is 0.256. The Bertz CT molecular complexity index is 1260. The standard InChI is InChI=1S/C25H19NO2SSe/c27-29(28,20-13-5-2-6-14-20)26-25(19-11-3-1-4-12-19)21-15-7-9-17-23(21)30-24-18-10-8-16-22(24)25/h1-18,26H. The number of rotatable bonds is 4. The fraction of sp³-hybridized carbons (Fsp3) is 0.0400. The van der Waals surface area contributed by atoms with Crippen LogP contribution in [-0.2, 0) is 15.6 Å². The van der Waals surface area contributed by atoms with Crippen molar-refractivity contribution >= 4 is 33.9 Å². The summed E-state index contributed by atoms with van der Waals surface area (Å²) in [6.45, 7) is 0. The van der Waals surface area contributed by atoms with Gasteiger partial charge in [0.05, 0.1) is 0 Å². The molecule has 0 unspecified atom stereocenters. The minimum atomic E-state index is -3.79. The van der Waals surface area contributed by atoms with Crippen molar-refractivity contribution in [1.82, 2.24) is 4.72 Å². The van der Waals surface area contributed by atoms with E-state index in [-0.39, 0.29) is 19.9 Å². The van der Waals surface area contributed by atoms with E-state index >= 15 is 0 Å². The third-order valence-corrected chi connectivity index (χ3v) is 9.23. The van der Waals surface area contributed by atoms with E-state index in [2.05, 4.69) is 16.9 Å². The summed E-state index contributed by atoms with van der Waals surface area (Å²) in [5.41, 5.74) is 1.90. The average Bonchev–Trinajstić information content (AvgIpc) is 2.80. The number of hydrogen-bond acceptors (Lipinski definition) is 2. The Labute approximate surface area is 183 Å². The van der Waals surface area contributed by atoms with Gasteiger partial charge in [0.25, 0.3) is 0 Å². The molecule has 1 aliphatic rings. The van der Waals surface area contributed by atoms with Gasteiger partial charge in [-0.05, 0) is 0 Å². The van der Waals surface area contributed by atoms with Crippen LogP contribution in [0, 0.1) is 0 Å². The molecule has 0 amide bonds. The molecule has 0 atom stereocenters. The Morgan fingerprint density at radius 1 is 0.600 bits per heavy atom. The van der Waals surface area contributed by atoms with Crippen molar-refractivity contribution in [1.29, 1.82) is 0 Å². The van der Waals surface area contributed by atoms with Crippen LogP contribution in [-0.4, -0.2) is 23.4 Å².